The van der Waals surface area contributed by atoms with Crippen molar-refractivity contribution in [1.29, 1.82) is 0 Å². The highest BCUT2D eigenvalue weighted by molar-refractivity contribution is 6.30. The Morgan fingerprint density at radius 2 is 2.27 bits per heavy atom. The normalized spacial score (nSPS) is 21.2. The van der Waals surface area contributed by atoms with Gasteiger partial charge < -0.3 is 5.32 Å². The second-order valence-electron chi connectivity index (χ2n) is 5.79. The summed E-state index contributed by atoms with van der Waals surface area (Å²) in [6, 6.07) is 0.245. The van der Waals surface area contributed by atoms with Crippen LogP contribution in [0, 0.1) is 5.92 Å². The number of hydrogen-bond donors (Lipinski definition) is 1. The van der Waals surface area contributed by atoms with Crippen LogP contribution in [0.4, 0.5) is 0 Å². The first kappa shape index (κ1) is 15.0. The number of amides is 1. The van der Waals surface area contributed by atoms with Crippen LogP contribution in [-0.4, -0.2) is 36.7 Å². The standard InChI is InChI=1S/C14H19ClN6O/c1-10(22)17-14-4-2-3-11(14)6-21-9-13(18-19-21)8-20-7-12(15)5-16-20/h5,7,9,11,14H,2-4,6,8H2,1H3,(H,17,22)/t11-,14-/m1/s1. The number of rotatable bonds is 5. The maximum Gasteiger partial charge on any atom is 0.217 e. The molecule has 0 aliphatic heterocycles. The van der Waals surface area contributed by atoms with Crippen molar-refractivity contribution in [3.8, 4) is 0 Å². The lowest BCUT2D eigenvalue weighted by Crippen LogP contribution is -2.37. The smallest absolute Gasteiger partial charge is 0.217 e. The van der Waals surface area contributed by atoms with Gasteiger partial charge in [0.1, 0.15) is 5.69 Å². The van der Waals surface area contributed by atoms with Crippen LogP contribution in [0.15, 0.2) is 18.6 Å². The predicted octanol–water partition coefficient (Wildman–Crippen LogP) is 1.48. The molecular formula is C14H19ClN6O. The number of hydrogen-bond acceptors (Lipinski definition) is 4. The van der Waals surface area contributed by atoms with Crippen LogP contribution in [0.2, 0.25) is 5.02 Å². The molecule has 0 spiro atoms. The summed E-state index contributed by atoms with van der Waals surface area (Å²) in [7, 11) is 0. The zero-order valence-electron chi connectivity index (χ0n) is 12.4. The van der Waals surface area contributed by atoms with Gasteiger partial charge in [0.25, 0.3) is 0 Å². The Morgan fingerprint density at radius 3 is 3.00 bits per heavy atom. The molecule has 1 aliphatic rings. The molecular weight excluding hydrogens is 304 g/mol. The number of carbonyl (C=O) groups excluding carboxylic acids is 1. The molecule has 1 aliphatic carbocycles. The van der Waals surface area contributed by atoms with Crippen LogP contribution in [0.3, 0.4) is 0 Å². The molecule has 0 aromatic carbocycles. The molecule has 0 unspecified atom stereocenters. The third-order valence-electron chi connectivity index (χ3n) is 3.98. The highest BCUT2D eigenvalue weighted by Gasteiger charge is 2.28. The van der Waals surface area contributed by atoms with Gasteiger partial charge in [0.15, 0.2) is 0 Å². The van der Waals surface area contributed by atoms with E-state index in [9.17, 15) is 4.79 Å². The molecule has 22 heavy (non-hydrogen) atoms. The lowest BCUT2D eigenvalue weighted by molar-refractivity contribution is -0.119. The van der Waals surface area contributed by atoms with Crippen molar-refractivity contribution in [2.75, 3.05) is 0 Å². The summed E-state index contributed by atoms with van der Waals surface area (Å²) >= 11 is 5.84. The molecule has 0 radical (unpaired) electrons. The summed E-state index contributed by atoms with van der Waals surface area (Å²) in [6.07, 6.45) is 8.57. The van der Waals surface area contributed by atoms with Gasteiger partial charge in [-0.2, -0.15) is 5.10 Å². The van der Waals surface area contributed by atoms with Crippen molar-refractivity contribution >= 4 is 17.5 Å². The summed E-state index contributed by atoms with van der Waals surface area (Å²) < 4.78 is 3.58. The second-order valence-corrected chi connectivity index (χ2v) is 6.22. The van der Waals surface area contributed by atoms with Crippen LogP contribution in [-0.2, 0) is 17.9 Å². The van der Waals surface area contributed by atoms with Gasteiger partial charge in [-0.3, -0.25) is 14.2 Å². The summed E-state index contributed by atoms with van der Waals surface area (Å²) in [5.74, 6) is 0.448. The van der Waals surface area contributed by atoms with Gasteiger partial charge in [0.2, 0.25) is 5.91 Å². The number of halogens is 1. The molecule has 2 heterocycles. The van der Waals surface area contributed by atoms with Gasteiger partial charge in [-0.25, -0.2) is 0 Å². The molecule has 1 amide bonds. The molecule has 1 fully saturated rings. The van der Waals surface area contributed by atoms with E-state index in [0.29, 0.717) is 17.5 Å². The highest BCUT2D eigenvalue weighted by atomic mass is 35.5. The summed E-state index contributed by atoms with van der Waals surface area (Å²) in [5.41, 5.74) is 0.842. The Hall–Kier alpha value is -1.89. The van der Waals surface area contributed by atoms with Gasteiger partial charge >= 0.3 is 0 Å². The van der Waals surface area contributed by atoms with Crippen molar-refractivity contribution in [2.45, 2.75) is 45.3 Å². The third kappa shape index (κ3) is 3.65. The van der Waals surface area contributed by atoms with Crippen molar-refractivity contribution in [1.82, 2.24) is 30.1 Å². The molecule has 2 aromatic heterocycles. The van der Waals surface area contributed by atoms with Gasteiger partial charge in [-0.1, -0.05) is 23.2 Å². The molecule has 0 bridgehead atoms. The van der Waals surface area contributed by atoms with E-state index in [2.05, 4.69) is 20.7 Å². The maximum absolute atomic E-state index is 11.2. The molecule has 2 aromatic rings. The van der Waals surface area contributed by atoms with Gasteiger partial charge in [0, 0.05) is 25.7 Å². The van der Waals surface area contributed by atoms with E-state index in [1.165, 1.54) is 0 Å². The van der Waals surface area contributed by atoms with Crippen molar-refractivity contribution < 1.29 is 4.79 Å². The molecule has 118 valence electrons. The van der Waals surface area contributed by atoms with E-state index >= 15 is 0 Å². The molecule has 3 rings (SSSR count). The van der Waals surface area contributed by atoms with Crippen LogP contribution < -0.4 is 5.32 Å². The first-order valence-corrected chi connectivity index (χ1v) is 7.82. The number of nitrogens with zero attached hydrogens (tertiary/aromatic N) is 5. The number of aromatic nitrogens is 5. The first-order valence-electron chi connectivity index (χ1n) is 7.44. The maximum atomic E-state index is 11.2. The fourth-order valence-corrected chi connectivity index (χ4v) is 3.19. The van der Waals surface area contributed by atoms with E-state index in [1.807, 2.05) is 10.9 Å². The third-order valence-corrected chi connectivity index (χ3v) is 4.18. The van der Waals surface area contributed by atoms with E-state index in [4.69, 9.17) is 11.6 Å². The second kappa shape index (κ2) is 6.48. The van der Waals surface area contributed by atoms with Crippen LogP contribution in [0.5, 0.6) is 0 Å². The minimum absolute atomic E-state index is 0.0340. The molecule has 1 saturated carbocycles. The van der Waals surface area contributed by atoms with Crippen LogP contribution >= 0.6 is 11.6 Å². The molecule has 8 heteroatoms. The minimum Gasteiger partial charge on any atom is -0.353 e. The largest absolute Gasteiger partial charge is 0.353 e. The summed E-state index contributed by atoms with van der Waals surface area (Å²) in [6.45, 7) is 2.89. The summed E-state index contributed by atoms with van der Waals surface area (Å²) in [4.78, 5) is 11.2. The number of carbonyl (C=O) groups is 1. The zero-order valence-corrected chi connectivity index (χ0v) is 13.2. The minimum atomic E-state index is 0.0340. The zero-order chi connectivity index (χ0) is 15.5. The lowest BCUT2D eigenvalue weighted by Gasteiger charge is -2.19. The highest BCUT2D eigenvalue weighted by Crippen LogP contribution is 2.27. The Kier molecular flexibility index (Phi) is 4.42. The monoisotopic (exact) mass is 322 g/mol. The van der Waals surface area contributed by atoms with E-state index in [0.717, 1.165) is 31.5 Å². The summed E-state index contributed by atoms with van der Waals surface area (Å²) in [5, 5.41) is 16.1. The predicted molar refractivity (Wildman–Crippen MR) is 81.3 cm³/mol. The molecule has 7 nitrogen and oxygen atoms in total. The van der Waals surface area contributed by atoms with Crippen LogP contribution in [0.25, 0.3) is 0 Å². The van der Waals surface area contributed by atoms with Gasteiger partial charge in [0.05, 0.1) is 24.0 Å². The molecule has 0 saturated heterocycles. The Morgan fingerprint density at radius 1 is 1.41 bits per heavy atom. The average molecular weight is 323 g/mol. The Balaban J connectivity index is 1.60. The average Bonchev–Trinajstić information content (AvgIpc) is 3.15. The van der Waals surface area contributed by atoms with E-state index < -0.39 is 0 Å². The fourth-order valence-electron chi connectivity index (χ4n) is 3.04. The number of nitrogens with one attached hydrogen (secondary N) is 1. The lowest BCUT2D eigenvalue weighted by atomic mass is 10.0. The fraction of sp³-hybridized carbons (Fsp3) is 0.571. The Bertz CT molecular complexity index is 651. The van der Waals surface area contributed by atoms with Crippen LogP contribution in [0.1, 0.15) is 31.9 Å². The van der Waals surface area contributed by atoms with Crippen molar-refractivity contribution in [3.05, 3.63) is 29.3 Å². The van der Waals surface area contributed by atoms with Crippen molar-refractivity contribution in [3.63, 3.8) is 0 Å². The van der Waals surface area contributed by atoms with E-state index in [-0.39, 0.29) is 11.9 Å². The molecule has 1 N–H and O–H groups in total. The Labute approximate surface area is 133 Å². The van der Waals surface area contributed by atoms with Gasteiger partial charge in [-0.15, -0.1) is 5.10 Å². The van der Waals surface area contributed by atoms with E-state index in [1.54, 1.807) is 24.0 Å². The SMILES string of the molecule is CC(=O)N[C@@H]1CCC[C@@H]1Cn1cc(Cn2cc(Cl)cn2)nn1. The van der Waals surface area contributed by atoms with Crippen molar-refractivity contribution in [2.24, 2.45) is 5.92 Å². The molecule has 2 atom stereocenters. The van der Waals surface area contributed by atoms with Gasteiger partial charge in [-0.05, 0) is 18.8 Å². The quantitative estimate of drug-likeness (QED) is 0.904. The topological polar surface area (TPSA) is 77.6 Å². The first-order chi connectivity index (χ1) is 10.6.